The molecule has 0 aliphatic heterocycles. The fourth-order valence-electron chi connectivity index (χ4n) is 1.64. The van der Waals surface area contributed by atoms with Crippen LogP contribution in [0, 0.1) is 0 Å². The van der Waals surface area contributed by atoms with E-state index in [2.05, 4.69) is 33.9 Å². The van der Waals surface area contributed by atoms with E-state index in [1.807, 2.05) is 11.4 Å². The van der Waals surface area contributed by atoms with Crippen LogP contribution in [0.15, 0.2) is 41.2 Å². The van der Waals surface area contributed by atoms with Crippen molar-refractivity contribution in [2.45, 2.75) is 6.04 Å². The van der Waals surface area contributed by atoms with Crippen molar-refractivity contribution >= 4 is 50.7 Å². The lowest BCUT2D eigenvalue weighted by Gasteiger charge is -2.15. The third-order valence-corrected chi connectivity index (χ3v) is 5.34. The maximum Gasteiger partial charge on any atom is 0.183 e. The van der Waals surface area contributed by atoms with E-state index in [1.54, 1.807) is 40.2 Å². The van der Waals surface area contributed by atoms with E-state index in [0.29, 0.717) is 0 Å². The summed E-state index contributed by atoms with van der Waals surface area (Å²) in [7, 11) is 0. The third kappa shape index (κ3) is 2.59. The minimum absolute atomic E-state index is 0.133. The summed E-state index contributed by atoms with van der Waals surface area (Å²) >= 11 is 11.0. The highest BCUT2D eigenvalue weighted by Crippen LogP contribution is 2.35. The standard InChI is InChI=1S/C12H9ClN2S3/c13-10-4-3-9(18-10)11(8-2-1-6-16-8)15-12-14-5-7-17-12/h1-7,11H,(H,14,15). The first-order valence-electron chi connectivity index (χ1n) is 5.27. The number of nitrogens with zero attached hydrogens (tertiary/aromatic N) is 1. The van der Waals surface area contributed by atoms with E-state index >= 15 is 0 Å². The Kier molecular flexibility index (Phi) is 3.65. The first kappa shape index (κ1) is 12.2. The number of anilines is 1. The Labute approximate surface area is 122 Å². The van der Waals surface area contributed by atoms with Crippen LogP contribution >= 0.6 is 45.6 Å². The molecule has 0 fully saturated rings. The van der Waals surface area contributed by atoms with Crippen LogP contribution in [0.3, 0.4) is 0 Å². The molecule has 0 aliphatic carbocycles. The summed E-state index contributed by atoms with van der Waals surface area (Å²) in [5, 5.41) is 8.44. The smallest absolute Gasteiger partial charge is 0.183 e. The van der Waals surface area contributed by atoms with Gasteiger partial charge in [0.1, 0.15) is 0 Å². The molecule has 3 aromatic heterocycles. The van der Waals surface area contributed by atoms with E-state index in [0.717, 1.165) is 9.47 Å². The Bertz CT molecular complexity index is 601. The quantitative estimate of drug-likeness (QED) is 0.723. The van der Waals surface area contributed by atoms with Crippen molar-refractivity contribution in [3.05, 3.63) is 55.3 Å². The second-order valence-corrected chi connectivity index (χ2v) is 7.19. The molecule has 0 bridgehead atoms. The van der Waals surface area contributed by atoms with Crippen molar-refractivity contribution in [1.82, 2.24) is 4.98 Å². The zero-order valence-electron chi connectivity index (χ0n) is 9.17. The van der Waals surface area contributed by atoms with Crippen molar-refractivity contribution in [2.24, 2.45) is 0 Å². The Balaban J connectivity index is 1.93. The molecular formula is C12H9ClN2S3. The SMILES string of the molecule is Clc1ccc(C(Nc2nccs2)c2cccs2)s1. The predicted molar refractivity (Wildman–Crippen MR) is 81.2 cm³/mol. The number of thiazole rings is 1. The monoisotopic (exact) mass is 312 g/mol. The van der Waals surface area contributed by atoms with Gasteiger partial charge in [0, 0.05) is 21.3 Å². The van der Waals surface area contributed by atoms with Gasteiger partial charge in [-0.25, -0.2) is 4.98 Å². The van der Waals surface area contributed by atoms with Gasteiger partial charge in [-0.05, 0) is 23.6 Å². The van der Waals surface area contributed by atoms with Crippen molar-refractivity contribution in [2.75, 3.05) is 5.32 Å². The summed E-state index contributed by atoms with van der Waals surface area (Å²) in [6, 6.07) is 8.33. The zero-order valence-corrected chi connectivity index (χ0v) is 12.4. The van der Waals surface area contributed by atoms with Crippen LogP contribution in [-0.4, -0.2) is 4.98 Å². The second-order valence-electron chi connectivity index (χ2n) is 3.57. The number of thiophene rings is 2. The first-order chi connectivity index (χ1) is 8.83. The van der Waals surface area contributed by atoms with Crippen LogP contribution in [-0.2, 0) is 0 Å². The molecule has 2 nitrogen and oxygen atoms in total. The van der Waals surface area contributed by atoms with Crippen molar-refractivity contribution < 1.29 is 0 Å². The molecule has 18 heavy (non-hydrogen) atoms. The molecule has 92 valence electrons. The van der Waals surface area contributed by atoms with E-state index in [9.17, 15) is 0 Å². The lowest BCUT2D eigenvalue weighted by molar-refractivity contribution is 0.987. The largest absolute Gasteiger partial charge is 0.349 e. The summed E-state index contributed by atoms with van der Waals surface area (Å²) < 4.78 is 0.812. The summed E-state index contributed by atoms with van der Waals surface area (Å²) in [5.74, 6) is 0. The number of nitrogens with one attached hydrogen (secondary N) is 1. The fraction of sp³-hybridized carbons (Fsp3) is 0.0833. The Morgan fingerprint density at radius 3 is 2.67 bits per heavy atom. The molecule has 3 rings (SSSR count). The molecule has 0 saturated heterocycles. The van der Waals surface area contributed by atoms with Crippen LogP contribution in [0.2, 0.25) is 4.34 Å². The van der Waals surface area contributed by atoms with Crippen LogP contribution in [0.1, 0.15) is 15.8 Å². The Morgan fingerprint density at radius 1 is 1.11 bits per heavy atom. The molecule has 1 unspecified atom stereocenters. The average Bonchev–Trinajstić information content (AvgIpc) is 3.09. The molecule has 0 saturated carbocycles. The predicted octanol–water partition coefficient (Wildman–Crippen LogP) is 5.12. The number of hydrogen-bond donors (Lipinski definition) is 1. The summed E-state index contributed by atoms with van der Waals surface area (Å²) in [4.78, 5) is 6.76. The normalized spacial score (nSPS) is 12.5. The van der Waals surface area contributed by atoms with Gasteiger partial charge in [0.25, 0.3) is 0 Å². The highest BCUT2D eigenvalue weighted by Gasteiger charge is 2.18. The molecule has 6 heteroatoms. The summed E-state index contributed by atoms with van der Waals surface area (Å²) in [6.07, 6.45) is 1.81. The zero-order chi connectivity index (χ0) is 12.4. The Hall–Kier alpha value is -0.880. The minimum atomic E-state index is 0.133. The van der Waals surface area contributed by atoms with Gasteiger partial charge in [-0.2, -0.15) is 0 Å². The fourth-order valence-corrected chi connectivity index (χ4v) is 4.20. The van der Waals surface area contributed by atoms with Crippen molar-refractivity contribution in [3.8, 4) is 0 Å². The highest BCUT2D eigenvalue weighted by molar-refractivity contribution is 7.16. The second kappa shape index (κ2) is 5.40. The molecule has 3 heterocycles. The molecule has 0 spiro atoms. The molecule has 0 aromatic carbocycles. The Morgan fingerprint density at radius 2 is 2.06 bits per heavy atom. The van der Waals surface area contributed by atoms with Crippen molar-refractivity contribution in [3.63, 3.8) is 0 Å². The summed E-state index contributed by atoms with van der Waals surface area (Å²) in [6.45, 7) is 0. The molecule has 3 aromatic rings. The average molecular weight is 313 g/mol. The van der Waals surface area contributed by atoms with E-state index in [-0.39, 0.29) is 6.04 Å². The van der Waals surface area contributed by atoms with E-state index < -0.39 is 0 Å². The van der Waals surface area contributed by atoms with Crippen LogP contribution in [0.4, 0.5) is 5.13 Å². The van der Waals surface area contributed by atoms with Gasteiger partial charge in [-0.15, -0.1) is 34.0 Å². The van der Waals surface area contributed by atoms with Gasteiger partial charge in [0.05, 0.1) is 10.4 Å². The maximum atomic E-state index is 6.03. The van der Waals surface area contributed by atoms with Gasteiger partial charge >= 0.3 is 0 Å². The van der Waals surface area contributed by atoms with Crippen LogP contribution in [0.5, 0.6) is 0 Å². The molecule has 0 radical (unpaired) electrons. The van der Waals surface area contributed by atoms with E-state index in [1.165, 1.54) is 9.75 Å². The van der Waals surface area contributed by atoms with E-state index in [4.69, 9.17) is 11.6 Å². The maximum absolute atomic E-state index is 6.03. The first-order valence-corrected chi connectivity index (χ1v) is 8.23. The number of hydrogen-bond acceptors (Lipinski definition) is 5. The number of aromatic nitrogens is 1. The molecule has 0 aliphatic rings. The molecule has 1 atom stereocenters. The molecule has 1 N–H and O–H groups in total. The van der Waals surface area contributed by atoms with Gasteiger partial charge in [0.2, 0.25) is 0 Å². The topological polar surface area (TPSA) is 24.9 Å². The molecule has 0 amide bonds. The number of rotatable bonds is 4. The lowest BCUT2D eigenvalue weighted by Crippen LogP contribution is -2.09. The third-order valence-electron chi connectivity index (χ3n) is 2.41. The van der Waals surface area contributed by atoms with Gasteiger partial charge in [-0.1, -0.05) is 17.7 Å². The molecular weight excluding hydrogens is 304 g/mol. The highest BCUT2D eigenvalue weighted by atomic mass is 35.5. The van der Waals surface area contributed by atoms with Gasteiger partial charge in [0.15, 0.2) is 5.13 Å². The minimum Gasteiger partial charge on any atom is -0.349 e. The summed E-state index contributed by atoms with van der Waals surface area (Å²) in [5.41, 5.74) is 0. The van der Waals surface area contributed by atoms with Gasteiger partial charge < -0.3 is 5.32 Å². The number of halogens is 1. The van der Waals surface area contributed by atoms with Crippen LogP contribution in [0.25, 0.3) is 0 Å². The lowest BCUT2D eigenvalue weighted by atomic mass is 10.2. The van der Waals surface area contributed by atoms with Crippen molar-refractivity contribution in [1.29, 1.82) is 0 Å². The van der Waals surface area contributed by atoms with Gasteiger partial charge in [-0.3, -0.25) is 0 Å². The van der Waals surface area contributed by atoms with Crippen LogP contribution < -0.4 is 5.32 Å².